The third kappa shape index (κ3) is 2.78. The zero-order chi connectivity index (χ0) is 13.0. The van der Waals surface area contributed by atoms with Gasteiger partial charge in [-0.3, -0.25) is 4.79 Å². The molecule has 0 saturated heterocycles. The molecule has 4 heteroatoms. The zero-order valence-electron chi connectivity index (χ0n) is 9.47. The Bertz CT molecular complexity index is 567. The molecule has 0 saturated carbocycles. The lowest BCUT2D eigenvalue weighted by Gasteiger charge is -2.10. The topological polar surface area (TPSA) is 46.5 Å². The van der Waals surface area contributed by atoms with Crippen LogP contribution in [0.5, 0.6) is 11.5 Å². The molecule has 92 valence electrons. The van der Waals surface area contributed by atoms with Crippen LogP contribution in [0.25, 0.3) is 0 Å². The molecule has 0 bridgehead atoms. The molecule has 0 radical (unpaired) electrons. The summed E-state index contributed by atoms with van der Waals surface area (Å²) in [4.78, 5) is 10.7. The molecule has 2 aromatic carbocycles. The molecular weight excluding hydrogens is 296 g/mol. The van der Waals surface area contributed by atoms with Gasteiger partial charge in [0.2, 0.25) is 0 Å². The van der Waals surface area contributed by atoms with Gasteiger partial charge in [-0.15, -0.1) is 0 Å². The van der Waals surface area contributed by atoms with E-state index in [0.717, 1.165) is 6.29 Å². The van der Waals surface area contributed by atoms with Crippen molar-refractivity contribution in [3.63, 3.8) is 0 Å². The molecule has 0 heterocycles. The van der Waals surface area contributed by atoms with Crippen molar-refractivity contribution in [1.82, 2.24) is 0 Å². The Hall–Kier alpha value is -1.65. The molecule has 0 aliphatic heterocycles. The van der Waals surface area contributed by atoms with Crippen LogP contribution in [-0.4, -0.2) is 11.4 Å². The number of halogens is 1. The monoisotopic (exact) mass is 306 g/mol. The van der Waals surface area contributed by atoms with E-state index >= 15 is 0 Å². The van der Waals surface area contributed by atoms with Crippen LogP contribution < -0.4 is 4.74 Å². The van der Waals surface area contributed by atoms with Crippen LogP contribution in [0.1, 0.15) is 15.9 Å². The van der Waals surface area contributed by atoms with Crippen LogP contribution in [0, 0.1) is 0 Å². The number of carbonyl (C=O) groups excluding carboxylic acids is 1. The SMILES string of the molecule is O=Cc1ccc(Oc2ccccc2CO)cc1Br. The van der Waals surface area contributed by atoms with Crippen molar-refractivity contribution < 1.29 is 14.6 Å². The molecule has 0 amide bonds. The summed E-state index contributed by atoms with van der Waals surface area (Å²) in [6.07, 6.45) is 0.773. The molecular formula is C14H11BrO3. The fourth-order valence-electron chi connectivity index (χ4n) is 1.53. The second-order valence-electron chi connectivity index (χ2n) is 3.67. The first-order chi connectivity index (χ1) is 8.74. The van der Waals surface area contributed by atoms with Crippen molar-refractivity contribution in [3.05, 3.63) is 58.1 Å². The minimum absolute atomic E-state index is 0.0796. The third-order valence-corrected chi connectivity index (χ3v) is 3.16. The fraction of sp³-hybridized carbons (Fsp3) is 0.0714. The quantitative estimate of drug-likeness (QED) is 0.879. The van der Waals surface area contributed by atoms with Crippen LogP contribution in [0.15, 0.2) is 46.9 Å². The van der Waals surface area contributed by atoms with Crippen LogP contribution in [0.3, 0.4) is 0 Å². The molecule has 0 spiro atoms. The van der Waals surface area contributed by atoms with E-state index < -0.39 is 0 Å². The molecule has 0 aliphatic rings. The largest absolute Gasteiger partial charge is 0.457 e. The molecule has 2 aromatic rings. The zero-order valence-corrected chi connectivity index (χ0v) is 11.1. The molecule has 0 aliphatic carbocycles. The van der Waals surface area contributed by atoms with E-state index in [1.54, 1.807) is 30.3 Å². The van der Waals surface area contributed by atoms with Gasteiger partial charge in [-0.05, 0) is 40.2 Å². The van der Waals surface area contributed by atoms with E-state index in [1.807, 2.05) is 12.1 Å². The van der Waals surface area contributed by atoms with Gasteiger partial charge in [0.25, 0.3) is 0 Å². The number of benzene rings is 2. The number of aldehydes is 1. The van der Waals surface area contributed by atoms with E-state index in [2.05, 4.69) is 15.9 Å². The van der Waals surface area contributed by atoms with Crippen molar-refractivity contribution in [1.29, 1.82) is 0 Å². The van der Waals surface area contributed by atoms with Gasteiger partial charge < -0.3 is 9.84 Å². The average molecular weight is 307 g/mol. The lowest BCUT2D eigenvalue weighted by molar-refractivity contribution is 0.112. The number of aliphatic hydroxyl groups is 1. The van der Waals surface area contributed by atoms with Gasteiger partial charge >= 0.3 is 0 Å². The van der Waals surface area contributed by atoms with Gasteiger partial charge in [-0.2, -0.15) is 0 Å². The maximum atomic E-state index is 10.7. The van der Waals surface area contributed by atoms with Crippen LogP contribution in [0.2, 0.25) is 0 Å². The molecule has 2 rings (SSSR count). The molecule has 3 nitrogen and oxygen atoms in total. The number of carbonyl (C=O) groups is 1. The van der Waals surface area contributed by atoms with E-state index in [9.17, 15) is 9.90 Å². The van der Waals surface area contributed by atoms with Crippen molar-refractivity contribution in [3.8, 4) is 11.5 Å². The first-order valence-corrected chi connectivity index (χ1v) is 6.15. The number of hydrogen-bond donors (Lipinski definition) is 1. The van der Waals surface area contributed by atoms with Crippen LogP contribution in [-0.2, 0) is 6.61 Å². The van der Waals surface area contributed by atoms with Gasteiger partial charge in [0, 0.05) is 15.6 Å². The van der Waals surface area contributed by atoms with Crippen molar-refractivity contribution in [2.45, 2.75) is 6.61 Å². The fourth-order valence-corrected chi connectivity index (χ4v) is 1.98. The second-order valence-corrected chi connectivity index (χ2v) is 4.52. The first kappa shape index (κ1) is 12.8. The lowest BCUT2D eigenvalue weighted by Crippen LogP contribution is -1.92. The van der Waals surface area contributed by atoms with E-state index in [1.165, 1.54) is 0 Å². The van der Waals surface area contributed by atoms with Gasteiger partial charge in [0.15, 0.2) is 6.29 Å². The molecule has 0 atom stereocenters. The van der Waals surface area contributed by atoms with Crippen LogP contribution in [0.4, 0.5) is 0 Å². The minimum atomic E-state index is -0.0796. The smallest absolute Gasteiger partial charge is 0.151 e. The molecule has 0 unspecified atom stereocenters. The van der Waals surface area contributed by atoms with Gasteiger partial charge in [0.05, 0.1) is 6.61 Å². The molecule has 0 aromatic heterocycles. The van der Waals surface area contributed by atoms with E-state index in [-0.39, 0.29) is 6.61 Å². The average Bonchev–Trinajstić information content (AvgIpc) is 2.39. The standard InChI is InChI=1S/C14H11BrO3/c15-13-7-12(6-5-10(13)8-16)18-14-4-2-1-3-11(14)9-17/h1-8,17H,9H2. The Morgan fingerprint density at radius 2 is 2.00 bits per heavy atom. The summed E-state index contributed by atoms with van der Waals surface area (Å²) in [6, 6.07) is 12.4. The maximum absolute atomic E-state index is 10.7. The van der Waals surface area contributed by atoms with Crippen LogP contribution >= 0.6 is 15.9 Å². The van der Waals surface area contributed by atoms with Crippen molar-refractivity contribution in [2.24, 2.45) is 0 Å². The van der Waals surface area contributed by atoms with Gasteiger partial charge in [-0.1, -0.05) is 18.2 Å². The highest BCUT2D eigenvalue weighted by Crippen LogP contribution is 2.28. The van der Waals surface area contributed by atoms with E-state index in [0.29, 0.717) is 27.1 Å². The first-order valence-electron chi connectivity index (χ1n) is 5.36. The van der Waals surface area contributed by atoms with Gasteiger partial charge in [0.1, 0.15) is 11.5 Å². The Labute approximate surface area is 113 Å². The Balaban J connectivity index is 2.28. The Morgan fingerprint density at radius 3 is 2.67 bits per heavy atom. The van der Waals surface area contributed by atoms with Gasteiger partial charge in [-0.25, -0.2) is 0 Å². The number of hydrogen-bond acceptors (Lipinski definition) is 3. The maximum Gasteiger partial charge on any atom is 0.151 e. The predicted molar refractivity (Wildman–Crippen MR) is 72.0 cm³/mol. The second kappa shape index (κ2) is 5.80. The third-order valence-electron chi connectivity index (χ3n) is 2.47. The summed E-state index contributed by atoms with van der Waals surface area (Å²) in [7, 11) is 0. The molecule has 1 N–H and O–H groups in total. The number of ether oxygens (including phenoxy) is 1. The highest BCUT2D eigenvalue weighted by atomic mass is 79.9. The van der Waals surface area contributed by atoms with Crippen molar-refractivity contribution in [2.75, 3.05) is 0 Å². The predicted octanol–water partition coefficient (Wildman–Crippen LogP) is 3.55. The Morgan fingerprint density at radius 1 is 1.22 bits per heavy atom. The summed E-state index contributed by atoms with van der Waals surface area (Å²) in [5.74, 6) is 1.21. The summed E-state index contributed by atoms with van der Waals surface area (Å²) >= 11 is 3.30. The van der Waals surface area contributed by atoms with Crippen molar-refractivity contribution >= 4 is 22.2 Å². The lowest BCUT2D eigenvalue weighted by atomic mass is 10.2. The van der Waals surface area contributed by atoms with E-state index in [4.69, 9.17) is 4.74 Å². The molecule has 18 heavy (non-hydrogen) atoms. The molecule has 0 fully saturated rings. The summed E-state index contributed by atoms with van der Waals surface area (Å²) in [5.41, 5.74) is 1.28. The normalized spacial score (nSPS) is 10.1. The number of para-hydroxylation sites is 1. The summed E-state index contributed by atoms with van der Waals surface area (Å²) in [5, 5.41) is 9.20. The highest BCUT2D eigenvalue weighted by Gasteiger charge is 2.05. The number of rotatable bonds is 4. The minimum Gasteiger partial charge on any atom is -0.457 e. The summed E-state index contributed by atoms with van der Waals surface area (Å²) < 4.78 is 6.35. The number of aliphatic hydroxyl groups excluding tert-OH is 1. The summed E-state index contributed by atoms with van der Waals surface area (Å²) in [6.45, 7) is -0.0796. The Kier molecular flexibility index (Phi) is 4.12. The highest BCUT2D eigenvalue weighted by molar-refractivity contribution is 9.10.